The van der Waals surface area contributed by atoms with E-state index in [1.807, 2.05) is 30.3 Å². The average Bonchev–Trinajstić information content (AvgIpc) is 2.96. The van der Waals surface area contributed by atoms with Gasteiger partial charge >= 0.3 is 0 Å². The number of hydrogen-bond donors (Lipinski definition) is 2. The van der Waals surface area contributed by atoms with E-state index in [-0.39, 0.29) is 5.82 Å². The standard InChI is InChI=1S/C18H17FN2O/c1-22-12-4-2-11(3-5-12)13-6-7-15(19)18-17(13)14-10-20-9-8-16(14)21-18/h2-7,20-21H,8-10H2,1H3. The maximum atomic E-state index is 14.2. The summed E-state index contributed by atoms with van der Waals surface area (Å²) in [5.41, 5.74) is 5.07. The third kappa shape index (κ3) is 1.99. The normalized spacial score (nSPS) is 14.1. The van der Waals surface area contributed by atoms with E-state index in [1.54, 1.807) is 7.11 Å². The second-order valence-electron chi connectivity index (χ2n) is 5.58. The average molecular weight is 296 g/mol. The molecule has 1 aliphatic heterocycles. The van der Waals surface area contributed by atoms with Gasteiger partial charge in [0, 0.05) is 30.6 Å². The smallest absolute Gasteiger partial charge is 0.147 e. The van der Waals surface area contributed by atoms with E-state index in [4.69, 9.17) is 4.74 Å². The fourth-order valence-corrected chi connectivity index (χ4v) is 3.24. The van der Waals surface area contributed by atoms with Crippen LogP contribution < -0.4 is 10.1 Å². The van der Waals surface area contributed by atoms with Crippen molar-refractivity contribution < 1.29 is 9.13 Å². The monoisotopic (exact) mass is 296 g/mol. The Morgan fingerprint density at radius 2 is 1.91 bits per heavy atom. The van der Waals surface area contributed by atoms with Crippen molar-refractivity contribution in [3.63, 3.8) is 0 Å². The molecule has 0 saturated carbocycles. The molecule has 3 nitrogen and oxygen atoms in total. The molecule has 2 heterocycles. The third-order valence-electron chi connectivity index (χ3n) is 4.35. The zero-order valence-corrected chi connectivity index (χ0v) is 12.4. The summed E-state index contributed by atoms with van der Waals surface area (Å²) in [6.07, 6.45) is 0.908. The summed E-state index contributed by atoms with van der Waals surface area (Å²) in [7, 11) is 1.65. The molecule has 4 rings (SSSR count). The molecule has 22 heavy (non-hydrogen) atoms. The molecule has 2 N–H and O–H groups in total. The van der Waals surface area contributed by atoms with E-state index in [1.165, 1.54) is 11.6 Å². The van der Waals surface area contributed by atoms with Gasteiger partial charge in [0.1, 0.15) is 11.6 Å². The van der Waals surface area contributed by atoms with Crippen LogP contribution in [0.4, 0.5) is 4.39 Å². The zero-order chi connectivity index (χ0) is 15.1. The van der Waals surface area contributed by atoms with E-state index in [0.717, 1.165) is 47.5 Å². The number of hydrogen-bond acceptors (Lipinski definition) is 2. The minimum absolute atomic E-state index is 0.193. The van der Waals surface area contributed by atoms with Crippen molar-refractivity contribution >= 4 is 10.9 Å². The number of nitrogens with one attached hydrogen (secondary N) is 2. The Bertz CT molecular complexity index is 836. The van der Waals surface area contributed by atoms with Crippen LogP contribution in [0.25, 0.3) is 22.0 Å². The van der Waals surface area contributed by atoms with Gasteiger partial charge in [-0.2, -0.15) is 0 Å². The van der Waals surface area contributed by atoms with Crippen LogP contribution in [0.1, 0.15) is 11.3 Å². The number of benzene rings is 2. The lowest BCUT2D eigenvalue weighted by molar-refractivity contribution is 0.415. The number of H-pyrrole nitrogens is 1. The number of methoxy groups -OCH3 is 1. The molecule has 1 aliphatic rings. The number of aromatic nitrogens is 1. The van der Waals surface area contributed by atoms with Crippen LogP contribution in [-0.4, -0.2) is 18.6 Å². The van der Waals surface area contributed by atoms with E-state index in [0.29, 0.717) is 5.52 Å². The second-order valence-corrected chi connectivity index (χ2v) is 5.58. The largest absolute Gasteiger partial charge is 0.497 e. The zero-order valence-electron chi connectivity index (χ0n) is 12.4. The Hall–Kier alpha value is -2.33. The van der Waals surface area contributed by atoms with Crippen LogP contribution in [0.2, 0.25) is 0 Å². The Kier molecular flexibility index (Phi) is 3.12. The van der Waals surface area contributed by atoms with Crippen LogP contribution in [-0.2, 0) is 13.0 Å². The molecule has 3 aromatic rings. The molecular formula is C18H17FN2O. The van der Waals surface area contributed by atoms with Gasteiger partial charge in [-0.15, -0.1) is 0 Å². The number of ether oxygens (including phenoxy) is 1. The van der Waals surface area contributed by atoms with Crippen LogP contribution in [0, 0.1) is 5.82 Å². The van der Waals surface area contributed by atoms with Gasteiger partial charge in [0.15, 0.2) is 0 Å². The maximum absolute atomic E-state index is 14.2. The van der Waals surface area contributed by atoms with Crippen molar-refractivity contribution in [2.24, 2.45) is 0 Å². The summed E-state index contributed by atoms with van der Waals surface area (Å²) in [6.45, 7) is 1.71. The van der Waals surface area contributed by atoms with Crippen LogP contribution in [0.5, 0.6) is 5.75 Å². The molecule has 0 amide bonds. The first-order valence-electron chi connectivity index (χ1n) is 7.45. The second kappa shape index (κ2) is 5.14. The summed E-state index contributed by atoms with van der Waals surface area (Å²) >= 11 is 0. The van der Waals surface area contributed by atoms with Gasteiger partial charge in [-0.25, -0.2) is 4.39 Å². The lowest BCUT2D eigenvalue weighted by atomic mass is 9.96. The van der Waals surface area contributed by atoms with E-state index < -0.39 is 0 Å². The first-order valence-corrected chi connectivity index (χ1v) is 7.45. The van der Waals surface area contributed by atoms with Gasteiger partial charge < -0.3 is 15.0 Å². The molecule has 0 aliphatic carbocycles. The van der Waals surface area contributed by atoms with Gasteiger partial charge in [0.05, 0.1) is 12.6 Å². The molecule has 0 radical (unpaired) electrons. The Morgan fingerprint density at radius 3 is 2.68 bits per heavy atom. The van der Waals surface area contributed by atoms with Crippen molar-refractivity contribution in [1.82, 2.24) is 10.3 Å². The van der Waals surface area contributed by atoms with Gasteiger partial charge in [0.2, 0.25) is 0 Å². The molecule has 0 fully saturated rings. The Labute approximate surface area is 128 Å². The van der Waals surface area contributed by atoms with Gasteiger partial charge in [0.25, 0.3) is 0 Å². The fraction of sp³-hybridized carbons (Fsp3) is 0.222. The van der Waals surface area contributed by atoms with Crippen molar-refractivity contribution in [1.29, 1.82) is 0 Å². The SMILES string of the molecule is COc1ccc(-c2ccc(F)c3[nH]c4c(c23)CNCC4)cc1. The maximum Gasteiger partial charge on any atom is 0.147 e. The molecule has 4 heteroatoms. The van der Waals surface area contributed by atoms with Crippen LogP contribution in [0.3, 0.4) is 0 Å². The van der Waals surface area contributed by atoms with Gasteiger partial charge in [-0.3, -0.25) is 0 Å². The highest BCUT2D eigenvalue weighted by molar-refractivity contribution is 5.99. The first kappa shape index (κ1) is 13.3. The number of fused-ring (bicyclic) bond motifs is 3. The predicted octanol–water partition coefficient (Wildman–Crippen LogP) is 3.63. The summed E-state index contributed by atoms with van der Waals surface area (Å²) in [6, 6.07) is 11.3. The van der Waals surface area contributed by atoms with Crippen molar-refractivity contribution in [2.75, 3.05) is 13.7 Å². The van der Waals surface area contributed by atoms with Crippen molar-refractivity contribution in [2.45, 2.75) is 13.0 Å². The summed E-state index contributed by atoms with van der Waals surface area (Å²) in [5.74, 6) is 0.626. The number of aromatic amines is 1. The highest BCUT2D eigenvalue weighted by atomic mass is 19.1. The molecule has 2 aromatic carbocycles. The Morgan fingerprint density at radius 1 is 1.09 bits per heavy atom. The van der Waals surface area contributed by atoms with Gasteiger partial charge in [-0.05, 0) is 34.9 Å². The quantitative estimate of drug-likeness (QED) is 0.757. The number of halogens is 1. The van der Waals surface area contributed by atoms with Crippen LogP contribution in [0.15, 0.2) is 36.4 Å². The highest BCUT2D eigenvalue weighted by Crippen LogP contribution is 2.36. The highest BCUT2D eigenvalue weighted by Gasteiger charge is 2.20. The van der Waals surface area contributed by atoms with E-state index in [2.05, 4.69) is 10.3 Å². The minimum Gasteiger partial charge on any atom is -0.497 e. The summed E-state index contributed by atoms with van der Waals surface area (Å²) in [4.78, 5) is 3.28. The lowest BCUT2D eigenvalue weighted by Crippen LogP contribution is -2.22. The molecule has 0 saturated heterocycles. The molecule has 0 unspecified atom stereocenters. The molecular weight excluding hydrogens is 279 g/mol. The fourth-order valence-electron chi connectivity index (χ4n) is 3.24. The third-order valence-corrected chi connectivity index (χ3v) is 4.35. The summed E-state index contributed by atoms with van der Waals surface area (Å²) in [5, 5.41) is 4.37. The van der Waals surface area contributed by atoms with E-state index in [9.17, 15) is 4.39 Å². The molecule has 0 spiro atoms. The Balaban J connectivity index is 1.96. The van der Waals surface area contributed by atoms with Gasteiger partial charge in [-0.1, -0.05) is 18.2 Å². The molecule has 1 aromatic heterocycles. The van der Waals surface area contributed by atoms with E-state index >= 15 is 0 Å². The molecule has 112 valence electrons. The predicted molar refractivity (Wildman–Crippen MR) is 85.7 cm³/mol. The lowest BCUT2D eigenvalue weighted by Gasteiger charge is -2.14. The molecule has 0 atom stereocenters. The first-order chi connectivity index (χ1) is 10.8. The van der Waals surface area contributed by atoms with Crippen LogP contribution >= 0.6 is 0 Å². The minimum atomic E-state index is -0.193. The topological polar surface area (TPSA) is 37.0 Å². The van der Waals surface area contributed by atoms with Crippen molar-refractivity contribution in [3.05, 3.63) is 53.5 Å². The summed E-state index contributed by atoms with van der Waals surface area (Å²) < 4.78 is 19.4. The number of rotatable bonds is 2. The van der Waals surface area contributed by atoms with Crippen molar-refractivity contribution in [3.8, 4) is 16.9 Å². The molecule has 0 bridgehead atoms.